The van der Waals surface area contributed by atoms with Gasteiger partial charge < -0.3 is 19.7 Å². The summed E-state index contributed by atoms with van der Waals surface area (Å²) in [7, 11) is 5.39. The van der Waals surface area contributed by atoms with Gasteiger partial charge in [0.25, 0.3) is 0 Å². The highest BCUT2D eigenvalue weighted by Gasteiger charge is 2.11. The number of anilines is 1. The van der Waals surface area contributed by atoms with Crippen molar-refractivity contribution in [3.8, 4) is 0 Å². The Morgan fingerprint density at radius 1 is 1.21 bits per heavy atom. The predicted molar refractivity (Wildman–Crippen MR) is 77.7 cm³/mol. The highest BCUT2D eigenvalue weighted by molar-refractivity contribution is 5.53. The minimum absolute atomic E-state index is 0.698. The van der Waals surface area contributed by atoms with E-state index in [1.165, 1.54) is 11.3 Å². The SMILES string of the molecule is CNCc1cnc(C)cc1N(CCOC)CCOC. The monoisotopic (exact) mass is 267 g/mol. The summed E-state index contributed by atoms with van der Waals surface area (Å²) in [5, 5.41) is 3.18. The van der Waals surface area contributed by atoms with Crippen molar-refractivity contribution in [2.45, 2.75) is 13.5 Å². The third-order valence-electron chi connectivity index (χ3n) is 2.94. The molecule has 1 aromatic rings. The molecule has 19 heavy (non-hydrogen) atoms. The molecule has 1 rings (SSSR count). The maximum absolute atomic E-state index is 5.19. The van der Waals surface area contributed by atoms with Crippen LogP contribution in [-0.4, -0.2) is 52.6 Å². The lowest BCUT2D eigenvalue weighted by Gasteiger charge is -2.27. The minimum Gasteiger partial charge on any atom is -0.383 e. The van der Waals surface area contributed by atoms with E-state index in [-0.39, 0.29) is 0 Å². The van der Waals surface area contributed by atoms with Crippen molar-refractivity contribution in [3.05, 3.63) is 23.5 Å². The molecule has 0 fully saturated rings. The van der Waals surface area contributed by atoms with Gasteiger partial charge in [-0.05, 0) is 20.0 Å². The number of methoxy groups -OCH3 is 2. The van der Waals surface area contributed by atoms with Crippen LogP contribution < -0.4 is 10.2 Å². The van der Waals surface area contributed by atoms with Crippen LogP contribution in [0, 0.1) is 6.92 Å². The number of aryl methyl sites for hydroxylation is 1. The Morgan fingerprint density at radius 3 is 2.37 bits per heavy atom. The second kappa shape index (κ2) is 8.85. The summed E-state index contributed by atoms with van der Waals surface area (Å²) in [6, 6.07) is 2.12. The van der Waals surface area contributed by atoms with Gasteiger partial charge in [-0.15, -0.1) is 0 Å². The number of ether oxygens (including phenoxy) is 2. The molecule has 1 N–H and O–H groups in total. The second-order valence-electron chi connectivity index (χ2n) is 4.46. The Balaban J connectivity index is 2.93. The molecular weight excluding hydrogens is 242 g/mol. The van der Waals surface area contributed by atoms with E-state index in [4.69, 9.17) is 9.47 Å². The summed E-state index contributed by atoms with van der Waals surface area (Å²) in [4.78, 5) is 6.66. The van der Waals surface area contributed by atoms with Crippen molar-refractivity contribution in [3.63, 3.8) is 0 Å². The van der Waals surface area contributed by atoms with Crippen LogP contribution in [0.2, 0.25) is 0 Å². The van der Waals surface area contributed by atoms with Crippen molar-refractivity contribution in [1.29, 1.82) is 0 Å². The molecule has 0 unspecified atom stereocenters. The van der Waals surface area contributed by atoms with E-state index in [0.717, 1.165) is 25.3 Å². The molecule has 0 aliphatic rings. The lowest BCUT2D eigenvalue weighted by molar-refractivity contribution is 0.190. The number of rotatable bonds is 9. The molecule has 0 aliphatic carbocycles. The van der Waals surface area contributed by atoms with Gasteiger partial charge in [-0.25, -0.2) is 0 Å². The van der Waals surface area contributed by atoms with Crippen LogP contribution >= 0.6 is 0 Å². The van der Waals surface area contributed by atoms with Crippen LogP contribution in [0.3, 0.4) is 0 Å². The molecule has 0 aliphatic heterocycles. The van der Waals surface area contributed by atoms with Gasteiger partial charge in [0.1, 0.15) is 0 Å². The lowest BCUT2D eigenvalue weighted by atomic mass is 10.2. The Bertz CT molecular complexity index is 364. The average Bonchev–Trinajstić information content (AvgIpc) is 2.41. The Morgan fingerprint density at radius 2 is 1.84 bits per heavy atom. The lowest BCUT2D eigenvalue weighted by Crippen LogP contribution is -2.32. The summed E-state index contributed by atoms with van der Waals surface area (Å²) in [6.45, 7) is 5.91. The second-order valence-corrected chi connectivity index (χ2v) is 4.46. The van der Waals surface area contributed by atoms with Gasteiger partial charge in [-0.3, -0.25) is 4.98 Å². The number of nitrogens with one attached hydrogen (secondary N) is 1. The smallest absolute Gasteiger partial charge is 0.0637 e. The molecule has 1 aromatic heterocycles. The summed E-state index contributed by atoms with van der Waals surface area (Å²) in [5.74, 6) is 0. The third kappa shape index (κ3) is 5.14. The van der Waals surface area contributed by atoms with Crippen molar-refractivity contribution >= 4 is 5.69 Å². The molecule has 0 spiro atoms. The Hall–Kier alpha value is -1.17. The van der Waals surface area contributed by atoms with Gasteiger partial charge in [0, 0.05) is 57.0 Å². The zero-order chi connectivity index (χ0) is 14.1. The van der Waals surface area contributed by atoms with Crippen LogP contribution in [0.25, 0.3) is 0 Å². The first-order valence-electron chi connectivity index (χ1n) is 6.55. The highest BCUT2D eigenvalue weighted by atomic mass is 16.5. The molecule has 0 amide bonds. The molecule has 108 valence electrons. The van der Waals surface area contributed by atoms with Crippen LogP contribution in [0.1, 0.15) is 11.3 Å². The summed E-state index contributed by atoms with van der Waals surface area (Å²) in [5.41, 5.74) is 3.42. The van der Waals surface area contributed by atoms with E-state index < -0.39 is 0 Å². The van der Waals surface area contributed by atoms with Gasteiger partial charge in [-0.1, -0.05) is 0 Å². The fourth-order valence-electron chi connectivity index (χ4n) is 1.95. The topological polar surface area (TPSA) is 46.6 Å². The van der Waals surface area contributed by atoms with Crippen LogP contribution in [-0.2, 0) is 16.0 Å². The highest BCUT2D eigenvalue weighted by Crippen LogP contribution is 2.20. The number of hydrogen-bond donors (Lipinski definition) is 1. The van der Waals surface area contributed by atoms with Crippen molar-refractivity contribution in [2.24, 2.45) is 0 Å². The fraction of sp³-hybridized carbons (Fsp3) is 0.643. The Labute approximate surface area is 115 Å². The molecule has 0 bridgehead atoms. The summed E-state index contributed by atoms with van der Waals surface area (Å²) in [6.07, 6.45) is 1.94. The third-order valence-corrected chi connectivity index (χ3v) is 2.94. The zero-order valence-corrected chi connectivity index (χ0v) is 12.4. The molecule has 5 heteroatoms. The van der Waals surface area contributed by atoms with Gasteiger partial charge in [0.15, 0.2) is 0 Å². The Kier molecular flexibility index (Phi) is 7.40. The number of pyridine rings is 1. The maximum Gasteiger partial charge on any atom is 0.0637 e. The van der Waals surface area contributed by atoms with Crippen molar-refractivity contribution in [2.75, 3.05) is 52.5 Å². The van der Waals surface area contributed by atoms with Gasteiger partial charge in [0.2, 0.25) is 0 Å². The standard InChI is InChI=1S/C14H25N3O2/c1-12-9-14(13(10-15-2)11-16-12)17(5-7-18-3)6-8-19-4/h9,11,15H,5-8,10H2,1-4H3. The molecular formula is C14H25N3O2. The molecule has 0 aromatic carbocycles. The van der Waals surface area contributed by atoms with E-state index in [9.17, 15) is 0 Å². The number of aromatic nitrogens is 1. The van der Waals surface area contributed by atoms with E-state index in [1.54, 1.807) is 14.2 Å². The average molecular weight is 267 g/mol. The predicted octanol–water partition coefficient (Wildman–Crippen LogP) is 1.21. The summed E-state index contributed by atoms with van der Waals surface area (Å²) >= 11 is 0. The van der Waals surface area contributed by atoms with E-state index in [2.05, 4.69) is 21.3 Å². The van der Waals surface area contributed by atoms with Gasteiger partial charge >= 0.3 is 0 Å². The van der Waals surface area contributed by atoms with E-state index in [1.807, 2.05) is 20.2 Å². The molecule has 1 heterocycles. The zero-order valence-electron chi connectivity index (χ0n) is 12.4. The molecule has 0 atom stereocenters. The molecule has 0 saturated carbocycles. The van der Waals surface area contributed by atoms with Crippen molar-refractivity contribution < 1.29 is 9.47 Å². The number of nitrogens with zero attached hydrogens (tertiary/aromatic N) is 2. The maximum atomic E-state index is 5.19. The fourth-order valence-corrected chi connectivity index (χ4v) is 1.95. The summed E-state index contributed by atoms with van der Waals surface area (Å²) < 4.78 is 10.4. The molecule has 0 radical (unpaired) electrons. The van der Waals surface area contributed by atoms with Crippen LogP contribution in [0.5, 0.6) is 0 Å². The van der Waals surface area contributed by atoms with Crippen molar-refractivity contribution in [1.82, 2.24) is 10.3 Å². The first-order chi connectivity index (χ1) is 9.22. The quantitative estimate of drug-likeness (QED) is 0.728. The van der Waals surface area contributed by atoms with Gasteiger partial charge in [0.05, 0.1) is 13.2 Å². The molecule has 0 saturated heterocycles. The first-order valence-corrected chi connectivity index (χ1v) is 6.55. The van der Waals surface area contributed by atoms with Crippen LogP contribution in [0.4, 0.5) is 5.69 Å². The molecule has 5 nitrogen and oxygen atoms in total. The first kappa shape index (κ1) is 15.9. The van der Waals surface area contributed by atoms with Crippen LogP contribution in [0.15, 0.2) is 12.3 Å². The largest absolute Gasteiger partial charge is 0.383 e. The number of hydrogen-bond acceptors (Lipinski definition) is 5. The normalized spacial score (nSPS) is 10.7. The van der Waals surface area contributed by atoms with E-state index >= 15 is 0 Å². The minimum atomic E-state index is 0.698. The van der Waals surface area contributed by atoms with Gasteiger partial charge in [-0.2, -0.15) is 0 Å². The van der Waals surface area contributed by atoms with E-state index in [0.29, 0.717) is 13.2 Å².